The SMILES string of the molecule is Cl.NCCCN(Cc1ccccc1)C(=O)CCN1C(=O)NC2(CCCC2)C1=O. The lowest BCUT2D eigenvalue weighted by Gasteiger charge is -2.24. The first-order valence-corrected chi connectivity index (χ1v) is 9.72. The summed E-state index contributed by atoms with van der Waals surface area (Å²) in [6, 6.07) is 9.40. The number of nitrogens with one attached hydrogen (secondary N) is 1. The monoisotopic (exact) mass is 408 g/mol. The molecule has 8 heteroatoms. The van der Waals surface area contributed by atoms with E-state index in [1.165, 1.54) is 4.90 Å². The van der Waals surface area contributed by atoms with Crippen LogP contribution in [-0.2, 0) is 16.1 Å². The van der Waals surface area contributed by atoms with E-state index in [4.69, 9.17) is 5.73 Å². The standard InChI is InChI=1S/C20H28N4O3.ClH/c21-12-6-13-23(15-16-7-2-1-3-8-16)17(25)9-14-24-18(26)20(22-19(24)27)10-4-5-11-20;/h1-3,7-8H,4-6,9-15,21H2,(H,22,27);1H. The number of carbonyl (C=O) groups is 3. The fourth-order valence-electron chi connectivity index (χ4n) is 3.94. The maximum atomic E-state index is 12.8. The third-order valence-corrected chi connectivity index (χ3v) is 5.45. The van der Waals surface area contributed by atoms with Crippen molar-refractivity contribution in [3.63, 3.8) is 0 Å². The van der Waals surface area contributed by atoms with Crippen molar-refractivity contribution in [2.45, 2.75) is 50.6 Å². The summed E-state index contributed by atoms with van der Waals surface area (Å²) in [5.74, 6) is -0.241. The van der Waals surface area contributed by atoms with Crippen molar-refractivity contribution in [1.29, 1.82) is 0 Å². The molecule has 1 aliphatic carbocycles. The normalized spacial score (nSPS) is 17.5. The van der Waals surface area contributed by atoms with Crippen LogP contribution in [0.1, 0.15) is 44.1 Å². The summed E-state index contributed by atoms with van der Waals surface area (Å²) in [4.78, 5) is 40.7. The third kappa shape index (κ3) is 4.83. The van der Waals surface area contributed by atoms with Crippen LogP contribution in [0, 0.1) is 0 Å². The van der Waals surface area contributed by atoms with Gasteiger partial charge in [-0.15, -0.1) is 12.4 Å². The Bertz CT molecular complexity index is 692. The minimum absolute atomic E-state index is 0. The highest BCUT2D eigenvalue weighted by atomic mass is 35.5. The van der Waals surface area contributed by atoms with E-state index in [1.807, 2.05) is 30.3 Å². The van der Waals surface area contributed by atoms with Gasteiger partial charge in [0.25, 0.3) is 5.91 Å². The van der Waals surface area contributed by atoms with Gasteiger partial charge in [0.2, 0.25) is 5.91 Å². The van der Waals surface area contributed by atoms with Gasteiger partial charge in [0.05, 0.1) is 0 Å². The van der Waals surface area contributed by atoms with Crippen molar-refractivity contribution < 1.29 is 14.4 Å². The predicted molar refractivity (Wildman–Crippen MR) is 109 cm³/mol. The summed E-state index contributed by atoms with van der Waals surface area (Å²) in [6.07, 6.45) is 4.13. The Kier molecular flexibility index (Phi) is 7.83. The van der Waals surface area contributed by atoms with Gasteiger partial charge in [0, 0.05) is 26.1 Å². The van der Waals surface area contributed by atoms with Gasteiger partial charge >= 0.3 is 6.03 Å². The molecule has 1 heterocycles. The molecule has 7 nitrogen and oxygen atoms in total. The number of imide groups is 1. The summed E-state index contributed by atoms with van der Waals surface area (Å²) < 4.78 is 0. The fourth-order valence-corrected chi connectivity index (χ4v) is 3.94. The zero-order chi connectivity index (χ0) is 19.3. The molecule has 1 spiro atoms. The summed E-state index contributed by atoms with van der Waals surface area (Å²) >= 11 is 0. The highest BCUT2D eigenvalue weighted by Gasteiger charge is 2.52. The largest absolute Gasteiger partial charge is 0.338 e. The van der Waals surface area contributed by atoms with Gasteiger partial charge in [-0.2, -0.15) is 0 Å². The van der Waals surface area contributed by atoms with Gasteiger partial charge in [-0.3, -0.25) is 14.5 Å². The van der Waals surface area contributed by atoms with E-state index in [0.29, 0.717) is 38.9 Å². The van der Waals surface area contributed by atoms with Crippen LogP contribution in [0.15, 0.2) is 30.3 Å². The number of carbonyl (C=O) groups excluding carboxylic acids is 3. The average Bonchev–Trinajstić information content (AvgIpc) is 3.23. The lowest BCUT2D eigenvalue weighted by molar-refractivity contribution is -0.134. The van der Waals surface area contributed by atoms with Crippen LogP contribution in [0.2, 0.25) is 0 Å². The maximum absolute atomic E-state index is 12.8. The Balaban J connectivity index is 0.00000280. The molecule has 4 amide bonds. The Morgan fingerprint density at radius 1 is 1.18 bits per heavy atom. The lowest BCUT2D eigenvalue weighted by Crippen LogP contribution is -2.44. The van der Waals surface area contributed by atoms with Crippen LogP contribution in [0.25, 0.3) is 0 Å². The first kappa shape index (κ1) is 22.2. The van der Waals surface area contributed by atoms with Crippen LogP contribution in [0.3, 0.4) is 0 Å². The molecule has 1 aromatic carbocycles. The highest BCUT2D eigenvalue weighted by molar-refractivity contribution is 6.07. The molecule has 0 radical (unpaired) electrons. The Labute approximate surface area is 172 Å². The minimum atomic E-state index is -0.719. The number of nitrogens with two attached hydrogens (primary N) is 1. The van der Waals surface area contributed by atoms with Crippen molar-refractivity contribution in [3.8, 4) is 0 Å². The Morgan fingerprint density at radius 3 is 2.50 bits per heavy atom. The number of urea groups is 1. The van der Waals surface area contributed by atoms with Gasteiger partial charge in [-0.05, 0) is 31.4 Å². The molecule has 1 saturated heterocycles. The molecule has 28 heavy (non-hydrogen) atoms. The fraction of sp³-hybridized carbons (Fsp3) is 0.550. The molecular weight excluding hydrogens is 380 g/mol. The molecule has 1 aromatic rings. The number of hydrogen-bond acceptors (Lipinski definition) is 4. The molecule has 1 aliphatic heterocycles. The number of rotatable bonds is 8. The third-order valence-electron chi connectivity index (χ3n) is 5.45. The lowest BCUT2D eigenvalue weighted by atomic mass is 9.98. The predicted octanol–water partition coefficient (Wildman–Crippen LogP) is 2.04. The van der Waals surface area contributed by atoms with E-state index in [9.17, 15) is 14.4 Å². The molecule has 2 aliphatic rings. The van der Waals surface area contributed by atoms with Crippen molar-refractivity contribution in [2.24, 2.45) is 5.73 Å². The molecular formula is C20H29ClN4O3. The molecule has 154 valence electrons. The average molecular weight is 409 g/mol. The molecule has 1 saturated carbocycles. The molecule has 0 aromatic heterocycles. The molecule has 2 fully saturated rings. The van der Waals surface area contributed by atoms with E-state index in [2.05, 4.69) is 5.32 Å². The topological polar surface area (TPSA) is 95.7 Å². The van der Waals surface area contributed by atoms with E-state index in [-0.39, 0.29) is 43.2 Å². The first-order chi connectivity index (χ1) is 13.1. The number of hydrogen-bond donors (Lipinski definition) is 2. The van der Waals surface area contributed by atoms with Crippen LogP contribution in [0.5, 0.6) is 0 Å². The Morgan fingerprint density at radius 2 is 1.86 bits per heavy atom. The van der Waals surface area contributed by atoms with Crippen molar-refractivity contribution >= 4 is 30.3 Å². The number of nitrogens with zero attached hydrogens (tertiary/aromatic N) is 2. The number of benzene rings is 1. The zero-order valence-corrected chi connectivity index (χ0v) is 16.9. The van der Waals surface area contributed by atoms with Gasteiger partial charge in [-0.1, -0.05) is 43.2 Å². The van der Waals surface area contributed by atoms with E-state index in [0.717, 1.165) is 18.4 Å². The van der Waals surface area contributed by atoms with Crippen LogP contribution in [-0.4, -0.2) is 52.8 Å². The quantitative estimate of drug-likeness (QED) is 0.643. The van der Waals surface area contributed by atoms with E-state index in [1.54, 1.807) is 4.90 Å². The first-order valence-electron chi connectivity index (χ1n) is 9.72. The van der Waals surface area contributed by atoms with Crippen molar-refractivity contribution in [3.05, 3.63) is 35.9 Å². The summed E-state index contributed by atoms with van der Waals surface area (Å²) in [7, 11) is 0. The molecule has 0 bridgehead atoms. The minimum Gasteiger partial charge on any atom is -0.338 e. The van der Waals surface area contributed by atoms with Crippen molar-refractivity contribution in [2.75, 3.05) is 19.6 Å². The second kappa shape index (κ2) is 9.89. The van der Waals surface area contributed by atoms with Gasteiger partial charge in [-0.25, -0.2) is 4.79 Å². The Hall–Kier alpha value is -2.12. The molecule has 3 N–H and O–H groups in total. The summed E-state index contributed by atoms with van der Waals surface area (Å²) in [5.41, 5.74) is 5.93. The van der Waals surface area contributed by atoms with Gasteiger partial charge in [0.1, 0.15) is 5.54 Å². The highest BCUT2D eigenvalue weighted by Crippen LogP contribution is 2.35. The molecule has 0 unspecified atom stereocenters. The van der Waals surface area contributed by atoms with Crippen LogP contribution < -0.4 is 11.1 Å². The number of halogens is 1. The molecule has 3 rings (SSSR count). The zero-order valence-electron chi connectivity index (χ0n) is 16.1. The summed E-state index contributed by atoms with van der Waals surface area (Å²) in [6.45, 7) is 1.70. The second-order valence-electron chi connectivity index (χ2n) is 7.37. The smallest absolute Gasteiger partial charge is 0.325 e. The van der Waals surface area contributed by atoms with E-state index < -0.39 is 5.54 Å². The van der Waals surface area contributed by atoms with E-state index >= 15 is 0 Å². The second-order valence-corrected chi connectivity index (χ2v) is 7.37. The number of amides is 4. The summed E-state index contributed by atoms with van der Waals surface area (Å²) in [5, 5.41) is 2.85. The van der Waals surface area contributed by atoms with Crippen molar-refractivity contribution in [1.82, 2.24) is 15.1 Å². The molecule has 0 atom stereocenters. The van der Waals surface area contributed by atoms with Gasteiger partial charge < -0.3 is 16.0 Å². The van der Waals surface area contributed by atoms with Crippen LogP contribution >= 0.6 is 12.4 Å². The van der Waals surface area contributed by atoms with Crippen LogP contribution in [0.4, 0.5) is 4.79 Å². The van der Waals surface area contributed by atoms with Gasteiger partial charge in [0.15, 0.2) is 0 Å². The maximum Gasteiger partial charge on any atom is 0.325 e.